The van der Waals surface area contributed by atoms with Crippen molar-refractivity contribution < 1.29 is 22.0 Å². The fourth-order valence-electron chi connectivity index (χ4n) is 3.49. The standard InChI is InChI=1S/C21H20ClFN2O4S/c1-13-11-25(12-14(2)28-13)21-20(30(26,27)16-9-7-15(23)8-10-16)24-19(29-21)17-5-3-4-6-18(17)22/h3-10,13-14H,11-12H2,1-2H3. The Balaban J connectivity index is 1.87. The van der Waals surface area contributed by atoms with Crippen LogP contribution in [0.2, 0.25) is 5.02 Å². The molecule has 0 spiro atoms. The number of hydrogen-bond acceptors (Lipinski definition) is 6. The smallest absolute Gasteiger partial charge is 0.236 e. The number of benzene rings is 2. The van der Waals surface area contributed by atoms with E-state index in [2.05, 4.69) is 4.98 Å². The van der Waals surface area contributed by atoms with Gasteiger partial charge in [-0.15, -0.1) is 0 Å². The zero-order valence-corrected chi connectivity index (χ0v) is 18.0. The number of halogens is 2. The van der Waals surface area contributed by atoms with Crippen LogP contribution in [0.5, 0.6) is 0 Å². The summed E-state index contributed by atoms with van der Waals surface area (Å²) in [6.45, 7) is 4.69. The van der Waals surface area contributed by atoms with Crippen LogP contribution >= 0.6 is 11.6 Å². The van der Waals surface area contributed by atoms with Crippen molar-refractivity contribution in [2.24, 2.45) is 0 Å². The zero-order chi connectivity index (χ0) is 21.5. The summed E-state index contributed by atoms with van der Waals surface area (Å²) in [6, 6.07) is 11.5. The minimum atomic E-state index is -4.07. The van der Waals surface area contributed by atoms with Crippen LogP contribution in [0, 0.1) is 5.82 Å². The predicted molar refractivity (Wildman–Crippen MR) is 111 cm³/mol. The molecule has 4 rings (SSSR count). The molecule has 0 radical (unpaired) electrons. The van der Waals surface area contributed by atoms with Gasteiger partial charge in [-0.05, 0) is 50.2 Å². The lowest BCUT2D eigenvalue weighted by atomic mass is 10.2. The van der Waals surface area contributed by atoms with Gasteiger partial charge in [-0.1, -0.05) is 23.7 Å². The molecular formula is C21H20ClFN2O4S. The molecule has 0 N–H and O–H groups in total. The third-order valence-electron chi connectivity index (χ3n) is 4.77. The van der Waals surface area contributed by atoms with E-state index in [1.165, 1.54) is 12.1 Å². The molecule has 1 saturated heterocycles. The van der Waals surface area contributed by atoms with Crippen molar-refractivity contribution in [3.05, 3.63) is 59.4 Å². The maximum absolute atomic E-state index is 13.4. The van der Waals surface area contributed by atoms with E-state index in [0.717, 1.165) is 12.1 Å². The highest BCUT2D eigenvalue weighted by atomic mass is 35.5. The van der Waals surface area contributed by atoms with Crippen LogP contribution in [-0.4, -0.2) is 38.7 Å². The first-order chi connectivity index (χ1) is 14.3. The molecule has 1 aliphatic rings. The summed E-state index contributed by atoms with van der Waals surface area (Å²) < 4.78 is 51.8. The molecule has 3 aromatic rings. The van der Waals surface area contributed by atoms with E-state index in [9.17, 15) is 12.8 Å². The predicted octanol–water partition coefficient (Wildman–Crippen LogP) is 4.58. The van der Waals surface area contributed by atoms with Gasteiger partial charge < -0.3 is 14.1 Å². The summed E-state index contributed by atoms with van der Waals surface area (Å²) in [7, 11) is -4.07. The highest BCUT2D eigenvalue weighted by Crippen LogP contribution is 2.37. The summed E-state index contributed by atoms with van der Waals surface area (Å²) in [6.07, 6.45) is -0.243. The van der Waals surface area contributed by atoms with Gasteiger partial charge in [-0.25, -0.2) is 12.8 Å². The molecule has 2 atom stereocenters. The Bertz CT molecular complexity index is 1150. The molecule has 0 aliphatic carbocycles. The highest BCUT2D eigenvalue weighted by molar-refractivity contribution is 7.91. The molecule has 6 nitrogen and oxygen atoms in total. The zero-order valence-electron chi connectivity index (χ0n) is 16.4. The number of anilines is 1. The van der Waals surface area contributed by atoms with E-state index in [4.69, 9.17) is 20.8 Å². The van der Waals surface area contributed by atoms with Gasteiger partial charge >= 0.3 is 0 Å². The molecule has 2 unspecified atom stereocenters. The van der Waals surface area contributed by atoms with Crippen molar-refractivity contribution in [1.82, 2.24) is 4.98 Å². The molecule has 1 aliphatic heterocycles. The molecule has 0 saturated carbocycles. The summed E-state index contributed by atoms with van der Waals surface area (Å²) in [4.78, 5) is 6.06. The number of aromatic nitrogens is 1. The molecular weight excluding hydrogens is 431 g/mol. The lowest BCUT2D eigenvalue weighted by Gasteiger charge is -2.35. The Morgan fingerprint density at radius 3 is 2.33 bits per heavy atom. The third kappa shape index (κ3) is 3.95. The largest absolute Gasteiger partial charge is 0.419 e. The van der Waals surface area contributed by atoms with Gasteiger partial charge in [0.1, 0.15) is 5.82 Å². The van der Waals surface area contributed by atoms with E-state index in [-0.39, 0.29) is 33.9 Å². The second-order valence-electron chi connectivity index (χ2n) is 7.23. The molecule has 0 bridgehead atoms. The SMILES string of the molecule is CC1CN(c2oc(-c3ccccc3Cl)nc2S(=O)(=O)c2ccc(F)cc2)CC(C)O1. The Morgan fingerprint density at radius 1 is 1.07 bits per heavy atom. The molecule has 30 heavy (non-hydrogen) atoms. The quantitative estimate of drug-likeness (QED) is 0.542. The second kappa shape index (κ2) is 8.02. The minimum Gasteiger partial charge on any atom is -0.419 e. The summed E-state index contributed by atoms with van der Waals surface area (Å²) >= 11 is 6.28. The molecule has 9 heteroatoms. The Labute approximate surface area is 179 Å². The van der Waals surface area contributed by atoms with Crippen LogP contribution in [0.4, 0.5) is 10.3 Å². The van der Waals surface area contributed by atoms with E-state index in [0.29, 0.717) is 23.7 Å². The number of rotatable bonds is 4. The average molecular weight is 451 g/mol. The first kappa shape index (κ1) is 20.8. The van der Waals surface area contributed by atoms with Crippen molar-refractivity contribution in [2.75, 3.05) is 18.0 Å². The summed E-state index contributed by atoms with van der Waals surface area (Å²) in [5.74, 6) is -0.304. The number of ether oxygens (including phenoxy) is 1. The van der Waals surface area contributed by atoms with Crippen molar-refractivity contribution in [3.8, 4) is 11.5 Å². The van der Waals surface area contributed by atoms with Gasteiger partial charge in [0.15, 0.2) is 0 Å². The topological polar surface area (TPSA) is 72.6 Å². The van der Waals surface area contributed by atoms with Gasteiger partial charge in [0.2, 0.25) is 26.6 Å². The number of oxazole rings is 1. The molecule has 1 aromatic heterocycles. The van der Waals surface area contributed by atoms with Crippen LogP contribution in [0.1, 0.15) is 13.8 Å². The lowest BCUT2D eigenvalue weighted by Crippen LogP contribution is -2.45. The molecule has 158 valence electrons. The normalized spacial score (nSPS) is 19.8. The van der Waals surface area contributed by atoms with Gasteiger partial charge in [0, 0.05) is 13.1 Å². The second-order valence-corrected chi connectivity index (χ2v) is 9.50. The molecule has 2 aromatic carbocycles. The first-order valence-electron chi connectivity index (χ1n) is 9.42. The Morgan fingerprint density at radius 2 is 1.70 bits per heavy atom. The first-order valence-corrected chi connectivity index (χ1v) is 11.3. The number of nitrogens with zero attached hydrogens (tertiary/aromatic N) is 2. The number of morpholine rings is 1. The molecule has 1 fully saturated rings. The van der Waals surface area contributed by atoms with Crippen molar-refractivity contribution in [1.29, 1.82) is 0 Å². The fraction of sp³-hybridized carbons (Fsp3) is 0.286. The van der Waals surface area contributed by atoms with Crippen molar-refractivity contribution in [2.45, 2.75) is 36.0 Å². The van der Waals surface area contributed by atoms with Crippen LogP contribution < -0.4 is 4.90 Å². The van der Waals surface area contributed by atoms with E-state index in [1.54, 1.807) is 24.3 Å². The Kier molecular flexibility index (Phi) is 5.57. The van der Waals surface area contributed by atoms with Crippen LogP contribution in [0.3, 0.4) is 0 Å². The number of hydrogen-bond donors (Lipinski definition) is 0. The highest BCUT2D eigenvalue weighted by Gasteiger charge is 2.34. The lowest BCUT2D eigenvalue weighted by molar-refractivity contribution is -0.00657. The monoisotopic (exact) mass is 450 g/mol. The third-order valence-corrected chi connectivity index (χ3v) is 6.77. The van der Waals surface area contributed by atoms with E-state index >= 15 is 0 Å². The average Bonchev–Trinajstić information content (AvgIpc) is 3.14. The summed E-state index contributed by atoms with van der Waals surface area (Å²) in [5, 5.41) is 0.157. The van der Waals surface area contributed by atoms with Gasteiger partial charge in [0.25, 0.3) is 0 Å². The van der Waals surface area contributed by atoms with Gasteiger partial charge in [-0.2, -0.15) is 4.98 Å². The van der Waals surface area contributed by atoms with Crippen molar-refractivity contribution in [3.63, 3.8) is 0 Å². The Hall–Kier alpha value is -2.42. The van der Waals surface area contributed by atoms with Gasteiger partial charge in [-0.3, -0.25) is 0 Å². The summed E-state index contributed by atoms with van der Waals surface area (Å²) in [5.41, 5.74) is 0.482. The molecule has 2 heterocycles. The number of sulfone groups is 1. The van der Waals surface area contributed by atoms with Crippen LogP contribution in [-0.2, 0) is 14.6 Å². The van der Waals surface area contributed by atoms with Crippen LogP contribution in [0.25, 0.3) is 11.5 Å². The van der Waals surface area contributed by atoms with Crippen LogP contribution in [0.15, 0.2) is 62.9 Å². The minimum absolute atomic E-state index is 0.0708. The van der Waals surface area contributed by atoms with E-state index < -0.39 is 15.7 Å². The van der Waals surface area contributed by atoms with Gasteiger partial charge in [0.05, 0.1) is 27.7 Å². The van der Waals surface area contributed by atoms with Crippen molar-refractivity contribution >= 4 is 27.3 Å². The maximum atomic E-state index is 13.4. The molecule has 0 amide bonds. The van der Waals surface area contributed by atoms with E-state index in [1.807, 2.05) is 18.7 Å². The maximum Gasteiger partial charge on any atom is 0.236 e. The fourth-order valence-corrected chi connectivity index (χ4v) is 5.03.